The van der Waals surface area contributed by atoms with Gasteiger partial charge in [0, 0.05) is 18.3 Å². The molecule has 3 heteroatoms. The molecule has 0 aromatic heterocycles. The highest BCUT2D eigenvalue weighted by Gasteiger charge is 2.22. The molecule has 1 rings (SSSR count). The third-order valence-corrected chi connectivity index (χ3v) is 4.25. The second-order valence-corrected chi connectivity index (χ2v) is 6.16. The molecule has 18 heavy (non-hydrogen) atoms. The summed E-state index contributed by atoms with van der Waals surface area (Å²) in [5.41, 5.74) is 0.700. The van der Waals surface area contributed by atoms with Crippen molar-refractivity contribution in [2.45, 2.75) is 38.3 Å². The molecule has 3 unspecified atom stereocenters. The third-order valence-electron chi connectivity index (χ3n) is 3.34. The average molecular weight is 267 g/mol. The molecule has 0 amide bonds. The van der Waals surface area contributed by atoms with Crippen LogP contribution in [0.4, 0.5) is 0 Å². The summed E-state index contributed by atoms with van der Waals surface area (Å²) in [7, 11) is 0. The predicted molar refractivity (Wildman–Crippen MR) is 81.3 cm³/mol. The molecule has 0 heterocycles. The summed E-state index contributed by atoms with van der Waals surface area (Å²) in [5.74, 6) is 1.20. The van der Waals surface area contributed by atoms with Crippen LogP contribution in [-0.4, -0.2) is 35.3 Å². The Morgan fingerprint density at radius 3 is 2.44 bits per heavy atom. The molecular formula is C15H25NOS. The predicted octanol–water partition coefficient (Wildman–Crippen LogP) is 2.88. The Balaban J connectivity index is 2.48. The normalized spacial score (nSPS) is 18.1. The number of nitrogens with one attached hydrogen (secondary N) is 1. The van der Waals surface area contributed by atoms with E-state index in [1.807, 2.05) is 19.2 Å². The largest absolute Gasteiger partial charge is 0.388 e. The fourth-order valence-electron chi connectivity index (χ4n) is 1.96. The van der Waals surface area contributed by atoms with Crippen LogP contribution in [0.1, 0.15) is 32.3 Å². The van der Waals surface area contributed by atoms with Gasteiger partial charge in [-0.05, 0) is 31.6 Å². The first kappa shape index (κ1) is 15.5. The van der Waals surface area contributed by atoms with Gasteiger partial charge in [-0.15, -0.1) is 0 Å². The Kier molecular flexibility index (Phi) is 6.19. The van der Waals surface area contributed by atoms with Crippen molar-refractivity contribution >= 4 is 11.8 Å². The molecule has 0 bridgehead atoms. The van der Waals surface area contributed by atoms with Crippen molar-refractivity contribution in [3.8, 4) is 0 Å². The number of hydrogen-bond acceptors (Lipinski definition) is 3. The SMILES string of the molecule is CSCC(C)(O)CNC(C)C(C)c1ccccc1. The fraction of sp³-hybridized carbons (Fsp3) is 0.600. The van der Waals surface area contributed by atoms with Crippen LogP contribution in [0.15, 0.2) is 30.3 Å². The van der Waals surface area contributed by atoms with Crippen molar-refractivity contribution in [1.29, 1.82) is 0 Å². The highest BCUT2D eigenvalue weighted by atomic mass is 32.2. The molecule has 0 aliphatic rings. The third kappa shape index (κ3) is 5.01. The first-order valence-corrected chi connectivity index (χ1v) is 7.85. The van der Waals surface area contributed by atoms with E-state index in [0.29, 0.717) is 18.5 Å². The van der Waals surface area contributed by atoms with E-state index >= 15 is 0 Å². The summed E-state index contributed by atoms with van der Waals surface area (Å²) in [4.78, 5) is 0. The van der Waals surface area contributed by atoms with Gasteiger partial charge >= 0.3 is 0 Å². The molecule has 1 aromatic rings. The summed E-state index contributed by atoms with van der Waals surface area (Å²) in [6.07, 6.45) is 2.02. The Hall–Kier alpha value is -0.510. The fourth-order valence-corrected chi connectivity index (χ4v) is 2.69. The van der Waals surface area contributed by atoms with Crippen molar-refractivity contribution in [2.75, 3.05) is 18.6 Å². The summed E-state index contributed by atoms with van der Waals surface area (Å²) >= 11 is 1.68. The molecule has 3 atom stereocenters. The van der Waals surface area contributed by atoms with Crippen LogP contribution in [0.3, 0.4) is 0 Å². The molecule has 0 saturated heterocycles. The maximum Gasteiger partial charge on any atom is 0.0833 e. The minimum Gasteiger partial charge on any atom is -0.388 e. The number of thioether (sulfide) groups is 1. The van der Waals surface area contributed by atoms with Gasteiger partial charge in [0.2, 0.25) is 0 Å². The minimum atomic E-state index is -0.635. The minimum absolute atomic E-state index is 0.348. The second kappa shape index (κ2) is 7.17. The van der Waals surface area contributed by atoms with Crippen LogP contribution in [0, 0.1) is 0 Å². The van der Waals surface area contributed by atoms with Crippen molar-refractivity contribution in [2.24, 2.45) is 0 Å². The first-order chi connectivity index (χ1) is 8.46. The van der Waals surface area contributed by atoms with Crippen LogP contribution in [-0.2, 0) is 0 Å². The average Bonchev–Trinajstić information content (AvgIpc) is 2.36. The Morgan fingerprint density at radius 1 is 1.28 bits per heavy atom. The lowest BCUT2D eigenvalue weighted by Crippen LogP contribution is -2.44. The molecule has 0 aliphatic carbocycles. The monoisotopic (exact) mass is 267 g/mol. The lowest BCUT2D eigenvalue weighted by atomic mass is 9.94. The Morgan fingerprint density at radius 2 is 1.89 bits per heavy atom. The molecule has 2 N–H and O–H groups in total. The van der Waals surface area contributed by atoms with E-state index in [2.05, 4.69) is 43.4 Å². The Labute approximate surface area is 115 Å². The van der Waals surface area contributed by atoms with E-state index in [1.54, 1.807) is 11.8 Å². The van der Waals surface area contributed by atoms with Gasteiger partial charge in [-0.25, -0.2) is 0 Å². The molecule has 0 saturated carbocycles. The molecule has 0 aliphatic heterocycles. The van der Waals surface area contributed by atoms with Crippen molar-refractivity contribution < 1.29 is 5.11 Å². The number of benzene rings is 1. The van der Waals surface area contributed by atoms with E-state index < -0.39 is 5.60 Å². The van der Waals surface area contributed by atoms with Crippen molar-refractivity contribution in [1.82, 2.24) is 5.32 Å². The molecule has 1 aromatic carbocycles. The van der Waals surface area contributed by atoms with E-state index in [-0.39, 0.29) is 0 Å². The molecule has 0 radical (unpaired) electrons. The first-order valence-electron chi connectivity index (χ1n) is 6.46. The molecule has 102 valence electrons. The standard InChI is InChI=1S/C15H25NOS/c1-12(14-8-6-5-7-9-14)13(2)16-10-15(3,17)11-18-4/h5-9,12-13,16-17H,10-11H2,1-4H3. The molecular weight excluding hydrogens is 242 g/mol. The number of hydrogen-bond donors (Lipinski definition) is 2. The van der Waals surface area contributed by atoms with Crippen LogP contribution in [0.5, 0.6) is 0 Å². The van der Waals surface area contributed by atoms with Gasteiger partial charge in [0.25, 0.3) is 0 Å². The van der Waals surface area contributed by atoms with Crippen molar-refractivity contribution in [3.05, 3.63) is 35.9 Å². The Bertz CT molecular complexity index is 340. The molecule has 0 fully saturated rings. The zero-order chi connectivity index (χ0) is 13.6. The van der Waals surface area contributed by atoms with E-state index in [4.69, 9.17) is 0 Å². The number of rotatable bonds is 7. The van der Waals surface area contributed by atoms with Gasteiger partial charge in [0.15, 0.2) is 0 Å². The maximum atomic E-state index is 10.1. The van der Waals surface area contributed by atoms with Crippen LogP contribution in [0.2, 0.25) is 0 Å². The topological polar surface area (TPSA) is 32.3 Å². The van der Waals surface area contributed by atoms with Crippen LogP contribution in [0.25, 0.3) is 0 Å². The summed E-state index contributed by atoms with van der Waals surface area (Å²) < 4.78 is 0. The summed E-state index contributed by atoms with van der Waals surface area (Å²) in [6, 6.07) is 10.8. The van der Waals surface area contributed by atoms with Crippen LogP contribution < -0.4 is 5.32 Å². The summed E-state index contributed by atoms with van der Waals surface area (Å²) in [5, 5.41) is 13.6. The van der Waals surface area contributed by atoms with E-state index in [9.17, 15) is 5.11 Å². The number of aliphatic hydroxyl groups is 1. The lowest BCUT2D eigenvalue weighted by molar-refractivity contribution is 0.0811. The van der Waals surface area contributed by atoms with Crippen molar-refractivity contribution in [3.63, 3.8) is 0 Å². The zero-order valence-electron chi connectivity index (χ0n) is 11.8. The highest BCUT2D eigenvalue weighted by molar-refractivity contribution is 7.98. The molecule has 0 spiro atoms. The molecule has 2 nitrogen and oxygen atoms in total. The van der Waals surface area contributed by atoms with Gasteiger partial charge in [0.1, 0.15) is 0 Å². The summed E-state index contributed by atoms with van der Waals surface area (Å²) in [6.45, 7) is 6.91. The van der Waals surface area contributed by atoms with E-state index in [1.165, 1.54) is 5.56 Å². The van der Waals surface area contributed by atoms with Gasteiger partial charge < -0.3 is 10.4 Å². The van der Waals surface area contributed by atoms with Gasteiger partial charge in [-0.3, -0.25) is 0 Å². The zero-order valence-corrected chi connectivity index (χ0v) is 12.6. The van der Waals surface area contributed by atoms with Gasteiger partial charge in [0.05, 0.1) is 5.60 Å². The lowest BCUT2D eigenvalue weighted by Gasteiger charge is -2.28. The maximum absolute atomic E-state index is 10.1. The van der Waals surface area contributed by atoms with Gasteiger partial charge in [-0.2, -0.15) is 11.8 Å². The van der Waals surface area contributed by atoms with Gasteiger partial charge in [-0.1, -0.05) is 37.3 Å². The quantitative estimate of drug-likeness (QED) is 0.797. The van der Waals surface area contributed by atoms with Crippen LogP contribution >= 0.6 is 11.8 Å². The highest BCUT2D eigenvalue weighted by Crippen LogP contribution is 2.19. The van der Waals surface area contributed by atoms with E-state index in [0.717, 1.165) is 5.75 Å². The smallest absolute Gasteiger partial charge is 0.0833 e. The second-order valence-electron chi connectivity index (χ2n) is 5.30.